The number of ether oxygens (including phenoxy) is 1. The summed E-state index contributed by atoms with van der Waals surface area (Å²) in [5.41, 5.74) is 1.25. The van der Waals surface area contributed by atoms with Gasteiger partial charge in [0.1, 0.15) is 24.2 Å². The first-order chi connectivity index (χ1) is 18.5. The molecule has 3 rings (SSSR count). The van der Waals surface area contributed by atoms with E-state index in [0.717, 1.165) is 22.2 Å². The van der Waals surface area contributed by atoms with E-state index in [0.29, 0.717) is 11.3 Å². The van der Waals surface area contributed by atoms with E-state index in [9.17, 15) is 22.4 Å². The summed E-state index contributed by atoms with van der Waals surface area (Å²) in [6.07, 6.45) is 1.10. The molecule has 0 unspecified atom stereocenters. The second-order valence-electron chi connectivity index (χ2n) is 9.46. The van der Waals surface area contributed by atoms with Crippen molar-refractivity contribution in [2.45, 2.75) is 38.9 Å². The average molecular weight is 556 g/mol. The molecule has 1 N–H and O–H groups in total. The van der Waals surface area contributed by atoms with E-state index in [1.807, 2.05) is 44.2 Å². The van der Waals surface area contributed by atoms with Crippen LogP contribution in [0.25, 0.3) is 0 Å². The van der Waals surface area contributed by atoms with E-state index in [4.69, 9.17) is 4.74 Å². The molecular formula is C29H34FN3O5S. The van der Waals surface area contributed by atoms with Crippen LogP contribution in [0.5, 0.6) is 5.75 Å². The van der Waals surface area contributed by atoms with Crippen molar-refractivity contribution in [3.63, 3.8) is 0 Å². The fourth-order valence-electron chi connectivity index (χ4n) is 4.15. The van der Waals surface area contributed by atoms with Crippen LogP contribution in [-0.4, -0.2) is 57.1 Å². The van der Waals surface area contributed by atoms with Gasteiger partial charge < -0.3 is 15.0 Å². The first-order valence-corrected chi connectivity index (χ1v) is 14.3. The van der Waals surface area contributed by atoms with Crippen LogP contribution < -0.4 is 14.4 Å². The van der Waals surface area contributed by atoms with Crippen molar-refractivity contribution in [3.8, 4) is 5.75 Å². The van der Waals surface area contributed by atoms with Crippen LogP contribution in [0.2, 0.25) is 0 Å². The molecule has 0 aliphatic rings. The lowest BCUT2D eigenvalue weighted by Gasteiger charge is -2.34. The van der Waals surface area contributed by atoms with Gasteiger partial charge in [0.15, 0.2) is 0 Å². The average Bonchev–Trinajstić information content (AvgIpc) is 2.89. The number of sulfonamides is 1. The molecule has 0 radical (unpaired) electrons. The van der Waals surface area contributed by atoms with Gasteiger partial charge in [0.25, 0.3) is 0 Å². The van der Waals surface area contributed by atoms with Gasteiger partial charge in [0.2, 0.25) is 21.8 Å². The summed E-state index contributed by atoms with van der Waals surface area (Å²) in [5, 5.41) is 2.88. The van der Waals surface area contributed by atoms with Crippen molar-refractivity contribution in [2.24, 2.45) is 0 Å². The minimum absolute atomic E-state index is 0.00603. The molecular weight excluding hydrogens is 521 g/mol. The molecule has 0 saturated heterocycles. The number of hydrogen-bond acceptors (Lipinski definition) is 5. The molecule has 3 aromatic carbocycles. The van der Waals surface area contributed by atoms with E-state index in [1.54, 1.807) is 24.3 Å². The lowest BCUT2D eigenvalue weighted by atomic mass is 10.0. The minimum Gasteiger partial charge on any atom is -0.497 e. The minimum atomic E-state index is -4.05. The third-order valence-electron chi connectivity index (χ3n) is 5.99. The maximum Gasteiger partial charge on any atom is 0.244 e. The molecule has 0 fully saturated rings. The van der Waals surface area contributed by atoms with Crippen molar-refractivity contribution < 1.29 is 27.1 Å². The lowest BCUT2D eigenvalue weighted by molar-refractivity contribution is -0.140. The Bertz CT molecular complexity index is 1380. The summed E-state index contributed by atoms with van der Waals surface area (Å²) in [5.74, 6) is -1.27. The van der Waals surface area contributed by atoms with Crippen LogP contribution >= 0.6 is 0 Å². The van der Waals surface area contributed by atoms with Crippen LogP contribution in [0.4, 0.5) is 10.1 Å². The zero-order chi connectivity index (χ0) is 28.6. The van der Waals surface area contributed by atoms with E-state index in [1.165, 1.54) is 30.2 Å². The number of nitrogens with zero attached hydrogens (tertiary/aromatic N) is 2. The molecule has 0 heterocycles. The Morgan fingerprint density at radius 1 is 0.949 bits per heavy atom. The van der Waals surface area contributed by atoms with Gasteiger partial charge in [-0.15, -0.1) is 0 Å². The van der Waals surface area contributed by atoms with Gasteiger partial charge in [-0.25, -0.2) is 12.8 Å². The summed E-state index contributed by atoms with van der Waals surface area (Å²) >= 11 is 0. The number of anilines is 1. The Morgan fingerprint density at radius 3 is 2.21 bits per heavy atom. The zero-order valence-electron chi connectivity index (χ0n) is 22.5. The number of amides is 2. The zero-order valence-corrected chi connectivity index (χ0v) is 23.3. The summed E-state index contributed by atoms with van der Waals surface area (Å²) < 4.78 is 46.1. The fraction of sp³-hybridized carbons (Fsp3) is 0.310. The summed E-state index contributed by atoms with van der Waals surface area (Å²) in [6.45, 7) is 2.93. The van der Waals surface area contributed by atoms with Crippen LogP contribution in [0.1, 0.15) is 25.0 Å². The molecule has 10 heteroatoms. The number of benzene rings is 3. The molecule has 3 aromatic rings. The lowest BCUT2D eigenvalue weighted by Crippen LogP contribution is -2.54. The summed E-state index contributed by atoms with van der Waals surface area (Å²) in [6, 6.07) is 20.4. The van der Waals surface area contributed by atoms with Crippen molar-refractivity contribution >= 4 is 27.5 Å². The first-order valence-electron chi connectivity index (χ1n) is 12.5. The molecule has 1 atom stereocenters. The number of hydrogen-bond donors (Lipinski definition) is 1. The van der Waals surface area contributed by atoms with Gasteiger partial charge in [0, 0.05) is 19.0 Å². The number of methoxy groups -OCH3 is 1. The van der Waals surface area contributed by atoms with Gasteiger partial charge in [0.05, 0.1) is 19.1 Å². The van der Waals surface area contributed by atoms with E-state index >= 15 is 0 Å². The van der Waals surface area contributed by atoms with E-state index in [2.05, 4.69) is 5.32 Å². The van der Waals surface area contributed by atoms with Gasteiger partial charge in [-0.3, -0.25) is 13.9 Å². The maximum atomic E-state index is 14.7. The van der Waals surface area contributed by atoms with Crippen molar-refractivity contribution in [3.05, 3.63) is 95.8 Å². The standard InChI is InChI=1S/C29H34FN3O5S/c1-21(2)31-29(35)27(18-22-11-6-5-7-12-22)32(19-23-13-10-14-24(17-23)38-3)28(34)20-33(39(4,36)37)26-16-9-8-15-25(26)30/h5-17,21,27H,18-20H2,1-4H3,(H,31,35)/t27-/m1/s1. The predicted molar refractivity (Wildman–Crippen MR) is 149 cm³/mol. The Balaban J connectivity index is 2.08. The highest BCUT2D eigenvalue weighted by Crippen LogP contribution is 2.23. The highest BCUT2D eigenvalue weighted by Gasteiger charge is 2.33. The topological polar surface area (TPSA) is 96.0 Å². The molecule has 0 spiro atoms. The monoisotopic (exact) mass is 555 g/mol. The number of carbonyl (C=O) groups is 2. The van der Waals surface area contributed by atoms with Gasteiger partial charge in [-0.05, 0) is 49.2 Å². The highest BCUT2D eigenvalue weighted by molar-refractivity contribution is 7.92. The molecule has 39 heavy (non-hydrogen) atoms. The third-order valence-corrected chi connectivity index (χ3v) is 7.12. The Kier molecular flexibility index (Phi) is 10.1. The van der Waals surface area contributed by atoms with Crippen LogP contribution in [0.3, 0.4) is 0 Å². The van der Waals surface area contributed by atoms with Gasteiger partial charge in [-0.1, -0.05) is 54.6 Å². The molecule has 0 saturated carbocycles. The van der Waals surface area contributed by atoms with E-state index < -0.39 is 34.3 Å². The highest BCUT2D eigenvalue weighted by atomic mass is 32.2. The molecule has 0 aliphatic heterocycles. The predicted octanol–water partition coefficient (Wildman–Crippen LogP) is 3.77. The number of carbonyl (C=O) groups excluding carboxylic acids is 2. The fourth-order valence-corrected chi connectivity index (χ4v) is 5.00. The normalized spacial score (nSPS) is 12.1. The molecule has 208 valence electrons. The molecule has 2 amide bonds. The SMILES string of the molecule is COc1cccc(CN(C(=O)CN(c2ccccc2F)S(C)(=O)=O)[C@H](Cc2ccccc2)C(=O)NC(C)C)c1. The van der Waals surface area contributed by atoms with Crippen LogP contribution in [0, 0.1) is 5.82 Å². The first kappa shape index (κ1) is 29.6. The third kappa shape index (κ3) is 8.28. The summed E-state index contributed by atoms with van der Waals surface area (Å²) in [4.78, 5) is 28.8. The second-order valence-corrected chi connectivity index (χ2v) is 11.4. The maximum absolute atomic E-state index is 14.7. The second kappa shape index (κ2) is 13.2. The van der Waals surface area contributed by atoms with Crippen LogP contribution in [-0.2, 0) is 32.6 Å². The van der Waals surface area contributed by atoms with Crippen molar-refractivity contribution in [1.29, 1.82) is 0 Å². The Labute approximate surface area is 229 Å². The van der Waals surface area contributed by atoms with Crippen molar-refractivity contribution in [1.82, 2.24) is 10.2 Å². The molecule has 0 aliphatic carbocycles. The smallest absolute Gasteiger partial charge is 0.244 e. The number of para-hydroxylation sites is 1. The Morgan fingerprint density at radius 2 is 1.59 bits per heavy atom. The Hall–Kier alpha value is -3.92. The molecule has 0 aromatic heterocycles. The van der Waals surface area contributed by atoms with Crippen LogP contribution in [0.15, 0.2) is 78.9 Å². The van der Waals surface area contributed by atoms with E-state index in [-0.39, 0.29) is 30.6 Å². The largest absolute Gasteiger partial charge is 0.497 e. The molecule has 8 nitrogen and oxygen atoms in total. The van der Waals surface area contributed by atoms with Gasteiger partial charge in [-0.2, -0.15) is 0 Å². The quantitative estimate of drug-likeness (QED) is 0.367. The number of nitrogens with one attached hydrogen (secondary N) is 1. The number of halogens is 1. The number of rotatable bonds is 12. The van der Waals surface area contributed by atoms with Gasteiger partial charge >= 0.3 is 0 Å². The molecule has 0 bridgehead atoms. The van der Waals surface area contributed by atoms with Crippen molar-refractivity contribution in [2.75, 3.05) is 24.2 Å². The summed E-state index contributed by atoms with van der Waals surface area (Å²) in [7, 11) is -2.53.